The van der Waals surface area contributed by atoms with Crippen molar-refractivity contribution >= 4 is 17.2 Å². The first kappa shape index (κ1) is 13.3. The Balaban J connectivity index is 1.99. The quantitative estimate of drug-likeness (QED) is 0.784. The second kappa shape index (κ2) is 5.01. The van der Waals surface area contributed by atoms with Crippen molar-refractivity contribution in [2.75, 3.05) is 5.32 Å². The number of aromatic nitrogens is 2. The highest BCUT2D eigenvalue weighted by molar-refractivity contribution is 6.04. The van der Waals surface area contributed by atoms with E-state index in [9.17, 15) is 9.18 Å². The molecule has 4 nitrogen and oxygen atoms in total. The van der Waals surface area contributed by atoms with Gasteiger partial charge in [-0.15, -0.1) is 0 Å². The monoisotopic (exact) mass is 283 g/mol. The van der Waals surface area contributed by atoms with Crippen molar-refractivity contribution < 1.29 is 9.18 Å². The maximum absolute atomic E-state index is 12.9. The fourth-order valence-corrected chi connectivity index (χ4v) is 2.27. The van der Waals surface area contributed by atoms with E-state index in [4.69, 9.17) is 0 Å². The lowest BCUT2D eigenvalue weighted by atomic mass is 10.2. The molecule has 0 atom stereocenters. The smallest absolute Gasteiger partial charge is 0.274 e. The minimum absolute atomic E-state index is 0.266. The molecule has 0 bridgehead atoms. The first-order valence-electron chi connectivity index (χ1n) is 6.57. The predicted molar refractivity (Wildman–Crippen MR) is 79.0 cm³/mol. The van der Waals surface area contributed by atoms with Gasteiger partial charge in [0.1, 0.15) is 17.2 Å². The molecule has 0 aliphatic carbocycles. The lowest BCUT2D eigenvalue weighted by Gasteiger charge is -2.06. The van der Waals surface area contributed by atoms with Gasteiger partial charge in [-0.2, -0.15) is 0 Å². The zero-order valence-corrected chi connectivity index (χ0v) is 11.7. The number of aryl methyl sites for hydroxylation is 2. The summed E-state index contributed by atoms with van der Waals surface area (Å²) < 4.78 is 14.7. The van der Waals surface area contributed by atoms with E-state index >= 15 is 0 Å². The number of benzene rings is 1. The molecule has 0 saturated carbocycles. The maximum atomic E-state index is 12.9. The van der Waals surface area contributed by atoms with Gasteiger partial charge in [0.05, 0.1) is 5.69 Å². The summed E-state index contributed by atoms with van der Waals surface area (Å²) >= 11 is 0. The van der Waals surface area contributed by atoms with E-state index in [1.165, 1.54) is 24.3 Å². The summed E-state index contributed by atoms with van der Waals surface area (Å²) in [5, 5.41) is 2.76. The molecule has 106 valence electrons. The summed E-state index contributed by atoms with van der Waals surface area (Å²) in [6.07, 6.45) is 1.87. The topological polar surface area (TPSA) is 46.4 Å². The van der Waals surface area contributed by atoms with Crippen molar-refractivity contribution in [2.24, 2.45) is 0 Å². The van der Waals surface area contributed by atoms with Crippen LogP contribution in [0, 0.1) is 19.7 Å². The Hall–Kier alpha value is -2.69. The van der Waals surface area contributed by atoms with Crippen LogP contribution in [-0.4, -0.2) is 15.3 Å². The molecule has 0 aliphatic rings. The molecule has 0 radical (unpaired) electrons. The second-order valence-electron chi connectivity index (χ2n) is 4.94. The molecule has 0 aliphatic heterocycles. The fourth-order valence-electron chi connectivity index (χ4n) is 2.27. The van der Waals surface area contributed by atoms with Gasteiger partial charge in [0.15, 0.2) is 0 Å². The number of fused-ring (bicyclic) bond motifs is 1. The van der Waals surface area contributed by atoms with Crippen LogP contribution in [0.25, 0.3) is 5.65 Å². The number of anilines is 1. The number of imidazole rings is 1. The van der Waals surface area contributed by atoms with Gasteiger partial charge in [-0.3, -0.25) is 9.20 Å². The number of nitrogens with zero attached hydrogens (tertiary/aromatic N) is 2. The van der Waals surface area contributed by atoms with Gasteiger partial charge in [-0.1, -0.05) is 6.07 Å². The van der Waals surface area contributed by atoms with Crippen LogP contribution in [0.15, 0.2) is 42.6 Å². The Morgan fingerprint density at radius 3 is 2.57 bits per heavy atom. The number of nitrogens with one attached hydrogen (secondary N) is 1. The van der Waals surface area contributed by atoms with Gasteiger partial charge >= 0.3 is 0 Å². The average molecular weight is 283 g/mol. The number of halogens is 1. The molecule has 1 aromatic carbocycles. The van der Waals surface area contributed by atoms with Crippen LogP contribution in [0.3, 0.4) is 0 Å². The summed E-state index contributed by atoms with van der Waals surface area (Å²) in [6, 6.07) is 9.48. The fraction of sp³-hybridized carbons (Fsp3) is 0.125. The van der Waals surface area contributed by atoms with E-state index in [1.807, 2.05) is 25.3 Å². The lowest BCUT2D eigenvalue weighted by molar-refractivity contribution is 0.102. The third kappa shape index (κ3) is 2.50. The van der Waals surface area contributed by atoms with Gasteiger partial charge in [-0.25, -0.2) is 9.37 Å². The molecule has 3 rings (SSSR count). The minimum Gasteiger partial charge on any atom is -0.321 e. The first-order chi connectivity index (χ1) is 10.0. The SMILES string of the molecule is Cc1ccc2nc(C)c(C(=O)Nc3ccc(F)cc3)n2c1. The average Bonchev–Trinajstić information content (AvgIpc) is 2.76. The van der Waals surface area contributed by atoms with Gasteiger partial charge < -0.3 is 5.32 Å². The third-order valence-corrected chi connectivity index (χ3v) is 3.26. The summed E-state index contributed by atoms with van der Waals surface area (Å²) in [6.45, 7) is 3.75. The highest BCUT2D eigenvalue weighted by Crippen LogP contribution is 2.16. The zero-order chi connectivity index (χ0) is 15.0. The van der Waals surface area contributed by atoms with Gasteiger partial charge in [0, 0.05) is 11.9 Å². The summed E-state index contributed by atoms with van der Waals surface area (Å²) in [4.78, 5) is 16.8. The van der Waals surface area contributed by atoms with Gasteiger partial charge in [0.2, 0.25) is 0 Å². The van der Waals surface area contributed by atoms with Crippen LogP contribution in [0.4, 0.5) is 10.1 Å². The molecule has 3 aromatic rings. The number of hydrogen-bond donors (Lipinski definition) is 1. The van der Waals surface area contributed by atoms with Crippen molar-refractivity contribution in [3.8, 4) is 0 Å². The Morgan fingerprint density at radius 1 is 1.14 bits per heavy atom. The Labute approximate surface area is 121 Å². The Bertz CT molecular complexity index is 821. The molecule has 0 unspecified atom stereocenters. The van der Waals surface area contributed by atoms with Crippen molar-refractivity contribution in [1.29, 1.82) is 0 Å². The zero-order valence-electron chi connectivity index (χ0n) is 11.7. The van der Waals surface area contributed by atoms with Crippen LogP contribution < -0.4 is 5.32 Å². The largest absolute Gasteiger partial charge is 0.321 e. The molecule has 1 amide bonds. The van der Waals surface area contributed by atoms with Crippen LogP contribution in [0.2, 0.25) is 0 Å². The first-order valence-corrected chi connectivity index (χ1v) is 6.57. The number of pyridine rings is 1. The molecular weight excluding hydrogens is 269 g/mol. The highest BCUT2D eigenvalue weighted by atomic mass is 19.1. The number of rotatable bonds is 2. The van der Waals surface area contributed by atoms with E-state index in [2.05, 4.69) is 10.3 Å². The number of carbonyl (C=O) groups excluding carboxylic acids is 1. The van der Waals surface area contributed by atoms with Crippen molar-refractivity contribution in [3.05, 3.63) is 65.4 Å². The van der Waals surface area contributed by atoms with Crippen molar-refractivity contribution in [3.63, 3.8) is 0 Å². The molecule has 2 aromatic heterocycles. The molecule has 0 saturated heterocycles. The molecular formula is C16H14FN3O. The number of carbonyl (C=O) groups is 1. The van der Waals surface area contributed by atoms with Gasteiger partial charge in [-0.05, 0) is 49.7 Å². The van der Waals surface area contributed by atoms with Crippen LogP contribution in [0.1, 0.15) is 21.7 Å². The van der Waals surface area contributed by atoms with E-state index in [-0.39, 0.29) is 11.7 Å². The summed E-state index contributed by atoms with van der Waals surface area (Å²) in [5.74, 6) is -0.605. The second-order valence-corrected chi connectivity index (χ2v) is 4.94. The summed E-state index contributed by atoms with van der Waals surface area (Å²) in [7, 11) is 0. The van der Waals surface area contributed by atoms with Crippen LogP contribution >= 0.6 is 0 Å². The molecule has 0 spiro atoms. The Kier molecular flexibility index (Phi) is 3.17. The highest BCUT2D eigenvalue weighted by Gasteiger charge is 2.16. The van der Waals surface area contributed by atoms with E-state index < -0.39 is 0 Å². The summed E-state index contributed by atoms with van der Waals surface area (Å²) in [5.41, 5.74) is 3.44. The van der Waals surface area contributed by atoms with Crippen LogP contribution in [0.5, 0.6) is 0 Å². The Morgan fingerprint density at radius 2 is 1.86 bits per heavy atom. The molecule has 21 heavy (non-hydrogen) atoms. The predicted octanol–water partition coefficient (Wildman–Crippen LogP) is 3.34. The standard InChI is InChI=1S/C16H14FN3O/c1-10-3-8-14-18-11(2)15(20(14)9-10)16(21)19-13-6-4-12(17)5-7-13/h3-9H,1-2H3,(H,19,21). The third-order valence-electron chi connectivity index (χ3n) is 3.26. The van der Waals surface area contributed by atoms with Crippen molar-refractivity contribution in [1.82, 2.24) is 9.38 Å². The van der Waals surface area contributed by atoms with E-state index in [1.54, 1.807) is 11.3 Å². The number of amides is 1. The molecule has 2 heterocycles. The number of hydrogen-bond acceptors (Lipinski definition) is 2. The van der Waals surface area contributed by atoms with E-state index in [0.29, 0.717) is 17.1 Å². The normalized spacial score (nSPS) is 10.8. The van der Waals surface area contributed by atoms with Crippen molar-refractivity contribution in [2.45, 2.75) is 13.8 Å². The molecule has 1 N–H and O–H groups in total. The molecule has 5 heteroatoms. The minimum atomic E-state index is -0.338. The van der Waals surface area contributed by atoms with Crippen LogP contribution in [-0.2, 0) is 0 Å². The van der Waals surface area contributed by atoms with Gasteiger partial charge in [0.25, 0.3) is 5.91 Å². The lowest BCUT2D eigenvalue weighted by Crippen LogP contribution is -2.15. The maximum Gasteiger partial charge on any atom is 0.274 e. The van der Waals surface area contributed by atoms with E-state index in [0.717, 1.165) is 11.2 Å². The molecule has 0 fully saturated rings.